The Hall–Kier alpha value is -3.41. The number of nitrogens with zero attached hydrogens (tertiary/aromatic N) is 2. The smallest absolute Gasteiger partial charge is 0.255 e. The first-order valence-corrected chi connectivity index (χ1v) is 8.07. The van der Waals surface area contributed by atoms with Gasteiger partial charge in [-0.25, -0.2) is 0 Å². The molecule has 0 radical (unpaired) electrons. The van der Waals surface area contributed by atoms with Crippen molar-refractivity contribution in [3.05, 3.63) is 72.2 Å². The SMILES string of the molecule is COc1cccc(C(=O)NCc2ccnc(-c3ccncc3)c2)c1OC. The second-order valence-electron chi connectivity index (χ2n) is 5.51. The van der Waals surface area contributed by atoms with Crippen LogP contribution in [0.3, 0.4) is 0 Å². The number of hydrogen-bond acceptors (Lipinski definition) is 5. The van der Waals surface area contributed by atoms with Gasteiger partial charge in [0.15, 0.2) is 11.5 Å². The summed E-state index contributed by atoms with van der Waals surface area (Å²) in [5, 5.41) is 2.91. The first-order chi connectivity index (χ1) is 12.7. The Balaban J connectivity index is 1.75. The number of carbonyl (C=O) groups excluding carboxylic acids is 1. The molecule has 0 bridgehead atoms. The van der Waals surface area contributed by atoms with Gasteiger partial charge in [-0.3, -0.25) is 14.8 Å². The average Bonchev–Trinajstić information content (AvgIpc) is 2.72. The number of nitrogens with one attached hydrogen (secondary N) is 1. The predicted molar refractivity (Wildman–Crippen MR) is 98.2 cm³/mol. The molecular weight excluding hydrogens is 330 g/mol. The molecule has 1 N–H and O–H groups in total. The van der Waals surface area contributed by atoms with Crippen LogP contribution in [0, 0.1) is 0 Å². The van der Waals surface area contributed by atoms with Crippen LogP contribution in [0.1, 0.15) is 15.9 Å². The first kappa shape index (κ1) is 17.4. The van der Waals surface area contributed by atoms with Gasteiger partial charge in [-0.15, -0.1) is 0 Å². The molecule has 3 aromatic rings. The van der Waals surface area contributed by atoms with Crippen molar-refractivity contribution in [1.29, 1.82) is 0 Å². The maximum Gasteiger partial charge on any atom is 0.255 e. The molecule has 1 aromatic carbocycles. The number of amides is 1. The van der Waals surface area contributed by atoms with Crippen LogP contribution in [0.25, 0.3) is 11.3 Å². The van der Waals surface area contributed by atoms with E-state index in [0.717, 1.165) is 16.8 Å². The zero-order valence-electron chi connectivity index (χ0n) is 14.6. The summed E-state index contributed by atoms with van der Waals surface area (Å²) in [4.78, 5) is 20.9. The zero-order chi connectivity index (χ0) is 18.4. The van der Waals surface area contributed by atoms with Crippen molar-refractivity contribution in [2.24, 2.45) is 0 Å². The van der Waals surface area contributed by atoms with Gasteiger partial charge in [0.25, 0.3) is 5.91 Å². The summed E-state index contributed by atoms with van der Waals surface area (Å²) >= 11 is 0. The van der Waals surface area contributed by atoms with Crippen molar-refractivity contribution in [3.8, 4) is 22.8 Å². The quantitative estimate of drug-likeness (QED) is 0.740. The summed E-state index contributed by atoms with van der Waals surface area (Å²) in [7, 11) is 3.05. The van der Waals surface area contributed by atoms with E-state index in [0.29, 0.717) is 23.6 Å². The van der Waals surface area contributed by atoms with E-state index in [-0.39, 0.29) is 5.91 Å². The van der Waals surface area contributed by atoms with Gasteiger partial charge in [-0.1, -0.05) is 6.07 Å². The van der Waals surface area contributed by atoms with E-state index in [1.165, 1.54) is 14.2 Å². The Morgan fingerprint density at radius 2 is 1.85 bits per heavy atom. The van der Waals surface area contributed by atoms with Crippen molar-refractivity contribution >= 4 is 5.91 Å². The summed E-state index contributed by atoms with van der Waals surface area (Å²) in [6.07, 6.45) is 5.17. The van der Waals surface area contributed by atoms with Crippen LogP contribution >= 0.6 is 0 Å². The van der Waals surface area contributed by atoms with Crippen LogP contribution in [0.2, 0.25) is 0 Å². The molecule has 0 aliphatic heterocycles. The number of carbonyl (C=O) groups is 1. The van der Waals surface area contributed by atoms with Gasteiger partial charge < -0.3 is 14.8 Å². The van der Waals surface area contributed by atoms with Gasteiger partial charge in [0.2, 0.25) is 0 Å². The van der Waals surface area contributed by atoms with E-state index < -0.39 is 0 Å². The molecular formula is C20H19N3O3. The number of benzene rings is 1. The molecule has 2 heterocycles. The molecule has 26 heavy (non-hydrogen) atoms. The van der Waals surface area contributed by atoms with E-state index in [2.05, 4.69) is 15.3 Å². The lowest BCUT2D eigenvalue weighted by Crippen LogP contribution is -2.23. The van der Waals surface area contributed by atoms with Crippen LogP contribution in [0.5, 0.6) is 11.5 Å². The summed E-state index contributed by atoms with van der Waals surface area (Å²) in [6, 6.07) is 12.8. The minimum absolute atomic E-state index is 0.233. The highest BCUT2D eigenvalue weighted by Crippen LogP contribution is 2.30. The molecule has 0 saturated heterocycles. The molecule has 0 fully saturated rings. The van der Waals surface area contributed by atoms with Crippen LogP contribution in [-0.4, -0.2) is 30.1 Å². The second kappa shape index (κ2) is 8.11. The number of para-hydroxylation sites is 1. The fourth-order valence-electron chi connectivity index (χ4n) is 2.61. The van der Waals surface area contributed by atoms with E-state index in [1.54, 1.807) is 36.8 Å². The largest absolute Gasteiger partial charge is 0.493 e. The van der Waals surface area contributed by atoms with Crippen LogP contribution in [-0.2, 0) is 6.54 Å². The fourth-order valence-corrected chi connectivity index (χ4v) is 2.61. The zero-order valence-corrected chi connectivity index (χ0v) is 14.6. The number of hydrogen-bond donors (Lipinski definition) is 1. The minimum atomic E-state index is -0.233. The Kier molecular flexibility index (Phi) is 5.43. The lowest BCUT2D eigenvalue weighted by atomic mass is 10.1. The molecule has 6 nitrogen and oxygen atoms in total. The number of rotatable bonds is 6. The summed E-state index contributed by atoms with van der Waals surface area (Å²) in [6.45, 7) is 0.375. The molecule has 0 saturated carbocycles. The highest BCUT2D eigenvalue weighted by molar-refractivity contribution is 5.97. The second-order valence-corrected chi connectivity index (χ2v) is 5.51. The van der Waals surface area contributed by atoms with Gasteiger partial charge in [0, 0.05) is 30.7 Å². The van der Waals surface area contributed by atoms with Crippen LogP contribution in [0.4, 0.5) is 0 Å². The Morgan fingerprint density at radius 1 is 1.04 bits per heavy atom. The molecule has 0 unspecified atom stereocenters. The summed E-state index contributed by atoms with van der Waals surface area (Å²) in [5.41, 5.74) is 3.18. The Bertz CT molecular complexity index is 898. The molecule has 3 rings (SSSR count). The Labute approximate surface area is 151 Å². The number of aromatic nitrogens is 2. The van der Waals surface area contributed by atoms with Crippen molar-refractivity contribution < 1.29 is 14.3 Å². The van der Waals surface area contributed by atoms with Gasteiger partial charge in [-0.2, -0.15) is 0 Å². The highest BCUT2D eigenvalue weighted by atomic mass is 16.5. The van der Waals surface area contributed by atoms with Crippen LogP contribution < -0.4 is 14.8 Å². The lowest BCUT2D eigenvalue weighted by Gasteiger charge is -2.12. The molecule has 0 aliphatic carbocycles. The van der Waals surface area contributed by atoms with E-state index in [9.17, 15) is 4.79 Å². The third-order valence-corrected chi connectivity index (χ3v) is 3.90. The van der Waals surface area contributed by atoms with E-state index in [1.807, 2.05) is 24.3 Å². The maximum atomic E-state index is 12.6. The third kappa shape index (κ3) is 3.80. The molecule has 2 aromatic heterocycles. The number of pyridine rings is 2. The van der Waals surface area contributed by atoms with Gasteiger partial charge in [0.1, 0.15) is 0 Å². The molecule has 0 aliphatic rings. The monoisotopic (exact) mass is 349 g/mol. The summed E-state index contributed by atoms with van der Waals surface area (Å²) < 4.78 is 10.6. The first-order valence-electron chi connectivity index (χ1n) is 8.07. The third-order valence-electron chi connectivity index (χ3n) is 3.90. The van der Waals surface area contributed by atoms with Gasteiger partial charge >= 0.3 is 0 Å². The normalized spacial score (nSPS) is 10.2. The van der Waals surface area contributed by atoms with Crippen LogP contribution in [0.15, 0.2) is 61.1 Å². The van der Waals surface area contributed by atoms with Crippen molar-refractivity contribution in [2.45, 2.75) is 6.54 Å². The maximum absolute atomic E-state index is 12.6. The lowest BCUT2D eigenvalue weighted by molar-refractivity contribution is 0.0947. The molecule has 1 amide bonds. The van der Waals surface area contributed by atoms with Crippen molar-refractivity contribution in [3.63, 3.8) is 0 Å². The van der Waals surface area contributed by atoms with Gasteiger partial charge in [-0.05, 0) is 42.0 Å². The van der Waals surface area contributed by atoms with Gasteiger partial charge in [0.05, 0.1) is 25.5 Å². The van der Waals surface area contributed by atoms with Crippen molar-refractivity contribution in [1.82, 2.24) is 15.3 Å². The molecule has 132 valence electrons. The van der Waals surface area contributed by atoms with Crippen molar-refractivity contribution in [2.75, 3.05) is 14.2 Å². The van der Waals surface area contributed by atoms with E-state index in [4.69, 9.17) is 9.47 Å². The Morgan fingerprint density at radius 3 is 2.58 bits per heavy atom. The average molecular weight is 349 g/mol. The molecule has 0 atom stereocenters. The molecule has 6 heteroatoms. The fraction of sp³-hybridized carbons (Fsp3) is 0.150. The highest BCUT2D eigenvalue weighted by Gasteiger charge is 2.16. The van der Waals surface area contributed by atoms with E-state index >= 15 is 0 Å². The number of methoxy groups -OCH3 is 2. The standard InChI is InChI=1S/C20H19N3O3/c1-25-18-5-3-4-16(19(18)26-2)20(24)23-13-14-6-11-22-17(12-14)15-7-9-21-10-8-15/h3-12H,13H2,1-2H3,(H,23,24). The molecule has 0 spiro atoms. The topological polar surface area (TPSA) is 73.3 Å². The number of ether oxygens (including phenoxy) is 2. The minimum Gasteiger partial charge on any atom is -0.493 e. The predicted octanol–water partition coefficient (Wildman–Crippen LogP) is 3.09. The summed E-state index contributed by atoms with van der Waals surface area (Å²) in [5.74, 6) is 0.701.